The molecule has 6 nitrogen and oxygen atoms in total. The number of Topliss-reactive ketones (excluding diaryl/α,β-unsaturated/α-hetero) is 1. The van der Waals surface area contributed by atoms with Crippen molar-refractivity contribution in [1.82, 2.24) is 10.6 Å². The Balaban J connectivity index is 2.15. The molecule has 1 saturated heterocycles. The number of halogens is 4. The van der Waals surface area contributed by atoms with E-state index in [1.165, 1.54) is 17.4 Å². The molecule has 2 aromatic rings. The summed E-state index contributed by atoms with van der Waals surface area (Å²) in [5, 5.41) is 23.4. The number of aliphatic hydroxyl groups is 1. The SMILES string of the molecule is O=C1N[C@H](c2ccc(O)cc2)[C@H](C(=O)c2ccc(F)cc2)[C@](O)(C(F)(F)F)N1. The van der Waals surface area contributed by atoms with E-state index in [0.29, 0.717) is 0 Å². The first kappa shape index (κ1) is 19.6. The molecule has 4 N–H and O–H groups in total. The Morgan fingerprint density at radius 3 is 2.14 bits per heavy atom. The molecule has 0 bridgehead atoms. The van der Waals surface area contributed by atoms with Gasteiger partial charge >= 0.3 is 12.2 Å². The van der Waals surface area contributed by atoms with Crippen LogP contribution in [0.5, 0.6) is 5.75 Å². The number of carbonyl (C=O) groups is 2. The highest BCUT2D eigenvalue weighted by Crippen LogP contribution is 2.44. The van der Waals surface area contributed by atoms with Crippen molar-refractivity contribution in [3.8, 4) is 5.75 Å². The van der Waals surface area contributed by atoms with Crippen LogP contribution in [-0.2, 0) is 0 Å². The summed E-state index contributed by atoms with van der Waals surface area (Å²) in [5.41, 5.74) is -4.10. The number of phenols is 1. The fraction of sp³-hybridized carbons (Fsp3) is 0.222. The smallest absolute Gasteiger partial charge is 0.437 e. The molecule has 3 rings (SSSR count). The number of alkyl halides is 3. The van der Waals surface area contributed by atoms with E-state index in [9.17, 15) is 37.4 Å². The summed E-state index contributed by atoms with van der Waals surface area (Å²) in [6, 6.07) is 5.61. The van der Waals surface area contributed by atoms with E-state index in [0.717, 1.165) is 36.4 Å². The van der Waals surface area contributed by atoms with Crippen molar-refractivity contribution in [3.05, 3.63) is 65.5 Å². The number of ketones is 1. The van der Waals surface area contributed by atoms with Gasteiger partial charge in [-0.25, -0.2) is 9.18 Å². The number of benzene rings is 2. The second-order valence-corrected chi connectivity index (χ2v) is 6.28. The molecule has 2 amide bonds. The normalized spacial score (nSPS) is 25.0. The van der Waals surface area contributed by atoms with E-state index in [1.54, 1.807) is 0 Å². The Bertz CT molecular complexity index is 899. The van der Waals surface area contributed by atoms with Gasteiger partial charge in [0.15, 0.2) is 5.78 Å². The highest BCUT2D eigenvalue weighted by molar-refractivity contribution is 6.00. The zero-order chi connectivity index (χ0) is 20.7. The van der Waals surface area contributed by atoms with Gasteiger partial charge in [-0.1, -0.05) is 12.1 Å². The summed E-state index contributed by atoms with van der Waals surface area (Å²) in [6.07, 6.45) is -5.39. The van der Waals surface area contributed by atoms with Crippen LogP contribution in [0.1, 0.15) is 22.0 Å². The molecular weight excluding hydrogens is 384 g/mol. The monoisotopic (exact) mass is 398 g/mol. The van der Waals surface area contributed by atoms with Gasteiger partial charge in [-0.3, -0.25) is 4.79 Å². The van der Waals surface area contributed by atoms with Crippen LogP contribution in [-0.4, -0.2) is 33.9 Å². The third-order valence-corrected chi connectivity index (χ3v) is 4.47. The van der Waals surface area contributed by atoms with Crippen molar-refractivity contribution in [2.75, 3.05) is 0 Å². The lowest BCUT2D eigenvalue weighted by Gasteiger charge is -2.45. The van der Waals surface area contributed by atoms with E-state index in [-0.39, 0.29) is 16.9 Å². The third kappa shape index (κ3) is 3.38. The minimum atomic E-state index is -5.39. The quantitative estimate of drug-likeness (QED) is 0.472. The molecule has 1 aliphatic heterocycles. The van der Waals surface area contributed by atoms with Crippen LogP contribution < -0.4 is 10.6 Å². The molecule has 1 aliphatic rings. The molecule has 10 heteroatoms. The van der Waals surface area contributed by atoms with Crippen molar-refractivity contribution in [2.24, 2.45) is 5.92 Å². The van der Waals surface area contributed by atoms with Gasteiger partial charge in [-0.2, -0.15) is 13.2 Å². The number of hydrogen-bond donors (Lipinski definition) is 4. The van der Waals surface area contributed by atoms with Crippen LogP contribution in [0.3, 0.4) is 0 Å². The summed E-state index contributed by atoms with van der Waals surface area (Å²) in [7, 11) is 0. The number of phenolic OH excluding ortho intramolecular Hbond substituents is 1. The van der Waals surface area contributed by atoms with E-state index in [4.69, 9.17) is 0 Å². The predicted molar refractivity (Wildman–Crippen MR) is 87.7 cm³/mol. The molecule has 0 spiro atoms. The van der Waals surface area contributed by atoms with Gasteiger partial charge in [0.2, 0.25) is 5.72 Å². The van der Waals surface area contributed by atoms with E-state index in [2.05, 4.69) is 5.32 Å². The van der Waals surface area contributed by atoms with Gasteiger partial charge in [0.25, 0.3) is 0 Å². The van der Waals surface area contributed by atoms with Crippen molar-refractivity contribution in [1.29, 1.82) is 0 Å². The second kappa shape index (κ2) is 6.79. The summed E-state index contributed by atoms with van der Waals surface area (Å²) in [4.78, 5) is 24.7. The fourth-order valence-electron chi connectivity index (χ4n) is 3.09. The van der Waals surface area contributed by atoms with Crippen LogP contribution in [0.2, 0.25) is 0 Å². The molecule has 0 aliphatic carbocycles. The van der Waals surface area contributed by atoms with Crippen molar-refractivity contribution < 1.29 is 37.4 Å². The zero-order valence-electron chi connectivity index (χ0n) is 14.0. The van der Waals surface area contributed by atoms with Gasteiger partial charge in [0.1, 0.15) is 17.5 Å². The second-order valence-electron chi connectivity index (χ2n) is 6.28. The highest BCUT2D eigenvalue weighted by atomic mass is 19.4. The van der Waals surface area contributed by atoms with E-state index < -0.39 is 41.5 Å². The molecule has 1 heterocycles. The van der Waals surface area contributed by atoms with Crippen molar-refractivity contribution in [3.63, 3.8) is 0 Å². The van der Waals surface area contributed by atoms with E-state index >= 15 is 0 Å². The Hall–Kier alpha value is -3.14. The van der Waals surface area contributed by atoms with Gasteiger partial charge in [-0.15, -0.1) is 0 Å². The van der Waals surface area contributed by atoms with Gasteiger partial charge in [0, 0.05) is 5.56 Å². The molecule has 3 atom stereocenters. The van der Waals surface area contributed by atoms with Gasteiger partial charge in [0.05, 0.1) is 6.04 Å². The summed E-state index contributed by atoms with van der Waals surface area (Å²) in [5.74, 6) is -4.27. The molecule has 28 heavy (non-hydrogen) atoms. The Morgan fingerprint density at radius 1 is 1.04 bits per heavy atom. The molecular formula is C18H14F4N2O4. The topological polar surface area (TPSA) is 98.7 Å². The number of carbonyl (C=O) groups excluding carboxylic acids is 2. The standard InChI is InChI=1S/C18H14F4N2O4/c19-11-5-1-10(2-6-11)15(26)13-14(9-3-7-12(25)8-4-9)23-16(27)24-17(13,28)18(20,21)22/h1-8,13-14,25,28H,(H2,23,24,27)/t13-,14-,17+/m1/s1. The van der Waals surface area contributed by atoms with Gasteiger partial charge < -0.3 is 20.8 Å². The van der Waals surface area contributed by atoms with Gasteiger partial charge in [-0.05, 0) is 42.0 Å². The fourth-order valence-corrected chi connectivity index (χ4v) is 3.09. The molecule has 0 aromatic heterocycles. The van der Waals surface area contributed by atoms with Crippen LogP contribution in [0.4, 0.5) is 22.4 Å². The maximum Gasteiger partial charge on any atom is 0.437 e. The molecule has 148 valence electrons. The number of nitrogens with one attached hydrogen (secondary N) is 2. The average Bonchev–Trinajstić information content (AvgIpc) is 2.61. The predicted octanol–water partition coefficient (Wildman–Crippen LogP) is 2.64. The first-order valence-corrected chi connectivity index (χ1v) is 7.99. The lowest BCUT2D eigenvalue weighted by atomic mass is 9.77. The van der Waals surface area contributed by atoms with Crippen LogP contribution >= 0.6 is 0 Å². The number of hydrogen-bond acceptors (Lipinski definition) is 4. The molecule has 1 fully saturated rings. The number of amides is 2. The highest BCUT2D eigenvalue weighted by Gasteiger charge is 2.66. The largest absolute Gasteiger partial charge is 0.508 e. The van der Waals surface area contributed by atoms with Crippen molar-refractivity contribution >= 4 is 11.8 Å². The van der Waals surface area contributed by atoms with E-state index in [1.807, 2.05) is 0 Å². The summed E-state index contributed by atoms with van der Waals surface area (Å²) < 4.78 is 54.2. The molecule has 0 saturated carbocycles. The lowest BCUT2D eigenvalue weighted by molar-refractivity contribution is -0.287. The maximum absolute atomic E-state index is 13.7. The minimum absolute atomic E-state index is 0.0517. The molecule has 0 unspecified atom stereocenters. The maximum atomic E-state index is 13.7. The number of rotatable bonds is 3. The van der Waals surface area contributed by atoms with Crippen LogP contribution in [0.25, 0.3) is 0 Å². The Morgan fingerprint density at radius 2 is 1.61 bits per heavy atom. The third-order valence-electron chi connectivity index (χ3n) is 4.47. The van der Waals surface area contributed by atoms with Crippen LogP contribution in [0, 0.1) is 11.7 Å². The minimum Gasteiger partial charge on any atom is -0.508 e. The number of urea groups is 1. The average molecular weight is 398 g/mol. The number of aromatic hydroxyl groups is 1. The lowest BCUT2D eigenvalue weighted by Crippen LogP contribution is -2.72. The Kier molecular flexibility index (Phi) is 4.76. The van der Waals surface area contributed by atoms with Crippen molar-refractivity contribution in [2.45, 2.75) is 17.9 Å². The first-order chi connectivity index (χ1) is 13.0. The first-order valence-electron chi connectivity index (χ1n) is 7.99. The molecule has 2 aromatic carbocycles. The van der Waals surface area contributed by atoms with Crippen LogP contribution in [0.15, 0.2) is 48.5 Å². The Labute approximate surface area is 155 Å². The zero-order valence-corrected chi connectivity index (χ0v) is 14.0. The summed E-state index contributed by atoms with van der Waals surface area (Å²) >= 11 is 0. The molecule has 0 radical (unpaired) electrons. The summed E-state index contributed by atoms with van der Waals surface area (Å²) in [6.45, 7) is 0.